The van der Waals surface area contributed by atoms with Crippen LogP contribution < -0.4 is 0 Å². The number of benzene rings is 6. The molecule has 0 N–H and O–H groups in total. The Morgan fingerprint density at radius 1 is 0.520 bits per heavy atom. The third-order valence-corrected chi connectivity index (χ3v) is 10.7. The second-order valence-electron chi connectivity index (χ2n) is 13.3. The lowest BCUT2D eigenvalue weighted by Gasteiger charge is -2.39. The second kappa shape index (κ2) is 11.4. The van der Waals surface area contributed by atoms with E-state index in [0.717, 1.165) is 40.0 Å². The number of rotatable bonds is 5. The zero-order valence-corrected chi connectivity index (χ0v) is 27.4. The highest BCUT2D eigenvalue weighted by Gasteiger charge is 2.49. The van der Waals surface area contributed by atoms with E-state index in [1.165, 1.54) is 38.6 Å². The fraction of sp³-hybridized carbons (Fsp3) is 0.0638. The van der Waals surface area contributed by atoms with Crippen molar-refractivity contribution in [1.29, 1.82) is 0 Å². The third kappa shape index (κ3) is 4.23. The van der Waals surface area contributed by atoms with E-state index in [4.69, 9.17) is 9.97 Å². The number of hydrogen-bond donors (Lipinski definition) is 0. The van der Waals surface area contributed by atoms with Crippen LogP contribution in [0.5, 0.6) is 0 Å². The van der Waals surface area contributed by atoms with Gasteiger partial charge in [-0.05, 0) is 64.4 Å². The molecule has 10 rings (SSSR count). The minimum absolute atomic E-state index is 0.266. The normalized spacial score (nSPS) is 17.6. The van der Waals surface area contributed by atoms with Gasteiger partial charge in [0.25, 0.3) is 0 Å². The quantitative estimate of drug-likeness (QED) is 0.188. The molecular weight excluding hydrogens is 607 g/mol. The van der Waals surface area contributed by atoms with Gasteiger partial charge in [0.15, 0.2) is 0 Å². The highest BCUT2D eigenvalue weighted by molar-refractivity contribution is 6.11. The summed E-state index contributed by atoms with van der Waals surface area (Å²) in [7, 11) is 0. The predicted molar refractivity (Wildman–Crippen MR) is 205 cm³/mol. The summed E-state index contributed by atoms with van der Waals surface area (Å²) in [5.41, 5.74) is 12.4. The molecule has 3 heteroatoms. The highest BCUT2D eigenvalue weighted by Crippen LogP contribution is 2.59. The van der Waals surface area contributed by atoms with E-state index in [1.54, 1.807) is 0 Å². The molecule has 2 aliphatic rings. The van der Waals surface area contributed by atoms with Gasteiger partial charge in [0.1, 0.15) is 0 Å². The first-order valence-electron chi connectivity index (χ1n) is 17.4. The van der Waals surface area contributed by atoms with Crippen LogP contribution in [-0.2, 0) is 5.41 Å². The number of aromatic nitrogens is 3. The van der Waals surface area contributed by atoms with Crippen molar-refractivity contribution >= 4 is 21.8 Å². The molecule has 0 amide bonds. The summed E-state index contributed by atoms with van der Waals surface area (Å²) in [4.78, 5) is 10.6. The molecule has 0 spiro atoms. The van der Waals surface area contributed by atoms with E-state index in [0.29, 0.717) is 5.95 Å². The maximum absolute atomic E-state index is 5.29. The molecule has 0 saturated heterocycles. The van der Waals surface area contributed by atoms with Crippen LogP contribution in [0.4, 0.5) is 0 Å². The van der Waals surface area contributed by atoms with E-state index in [9.17, 15) is 0 Å². The number of hydrogen-bond acceptors (Lipinski definition) is 2. The minimum atomic E-state index is -0.337. The Morgan fingerprint density at radius 3 is 1.86 bits per heavy atom. The molecule has 0 saturated carbocycles. The summed E-state index contributed by atoms with van der Waals surface area (Å²) < 4.78 is 2.28. The van der Waals surface area contributed by atoms with Crippen molar-refractivity contribution in [2.45, 2.75) is 11.8 Å². The summed E-state index contributed by atoms with van der Waals surface area (Å²) in [6.07, 6.45) is 10.1. The number of fused-ring (bicyclic) bond motifs is 6. The molecule has 2 heterocycles. The number of allylic oxidation sites excluding steroid dienone is 4. The fourth-order valence-corrected chi connectivity index (χ4v) is 8.56. The van der Waals surface area contributed by atoms with Crippen molar-refractivity contribution in [2.75, 3.05) is 0 Å². The molecule has 2 aliphatic carbocycles. The molecule has 0 bridgehead atoms. The summed E-state index contributed by atoms with van der Waals surface area (Å²) >= 11 is 0. The molecule has 0 fully saturated rings. The Morgan fingerprint density at radius 2 is 1.16 bits per heavy atom. The van der Waals surface area contributed by atoms with Gasteiger partial charge in [0, 0.05) is 21.9 Å². The topological polar surface area (TPSA) is 30.7 Å². The predicted octanol–water partition coefficient (Wildman–Crippen LogP) is 11.4. The lowest BCUT2D eigenvalue weighted by molar-refractivity contribution is 0.458. The first-order chi connectivity index (χ1) is 24.8. The van der Waals surface area contributed by atoms with E-state index in [1.807, 2.05) is 12.1 Å². The Labute approximate surface area is 291 Å². The lowest BCUT2D eigenvalue weighted by atomic mass is 9.62. The van der Waals surface area contributed by atoms with Crippen LogP contribution in [0, 0.1) is 5.92 Å². The summed E-state index contributed by atoms with van der Waals surface area (Å²) in [6.45, 7) is 0. The van der Waals surface area contributed by atoms with Gasteiger partial charge in [-0.25, -0.2) is 9.97 Å². The molecule has 3 nitrogen and oxygen atoms in total. The van der Waals surface area contributed by atoms with Gasteiger partial charge in [0.05, 0.1) is 27.8 Å². The zero-order valence-electron chi connectivity index (χ0n) is 27.4. The molecule has 2 atom stereocenters. The maximum atomic E-state index is 5.29. The summed E-state index contributed by atoms with van der Waals surface area (Å²) in [5, 5.41) is 2.40. The summed E-state index contributed by atoms with van der Waals surface area (Å²) in [5.74, 6) is 0.930. The third-order valence-electron chi connectivity index (χ3n) is 10.7. The first-order valence-corrected chi connectivity index (χ1v) is 17.4. The van der Waals surface area contributed by atoms with Crippen molar-refractivity contribution < 1.29 is 0 Å². The standard InChI is InChI=1S/C47H33N3/c1-5-17-32(18-6-1)42-31-43(33-19-7-2-8-20-33)49-46(48-42)50-44-28-16-14-26-37(44)39-29-41-38(30-45(39)50)36-25-13-15-27-40(36)47(41,34-21-9-3-10-22-34)35-23-11-4-12-24-35/h1-23,25-31,35H,24H2. The van der Waals surface area contributed by atoms with E-state index >= 15 is 0 Å². The largest absolute Gasteiger partial charge is 0.278 e. The molecule has 8 aromatic rings. The van der Waals surface area contributed by atoms with Crippen molar-refractivity contribution in [1.82, 2.24) is 14.5 Å². The van der Waals surface area contributed by atoms with Crippen molar-refractivity contribution in [3.8, 4) is 39.6 Å². The Kier molecular flexibility index (Phi) is 6.53. The van der Waals surface area contributed by atoms with Crippen molar-refractivity contribution in [3.63, 3.8) is 0 Å². The van der Waals surface area contributed by atoms with Crippen LogP contribution in [0.3, 0.4) is 0 Å². The van der Waals surface area contributed by atoms with E-state index in [2.05, 4.69) is 174 Å². The molecule has 236 valence electrons. The number of para-hydroxylation sites is 1. The average Bonchev–Trinajstić information content (AvgIpc) is 3.68. The minimum Gasteiger partial charge on any atom is -0.278 e. The van der Waals surface area contributed by atoms with Crippen molar-refractivity contribution in [3.05, 3.63) is 199 Å². The fourth-order valence-electron chi connectivity index (χ4n) is 8.56. The van der Waals surface area contributed by atoms with Gasteiger partial charge in [-0.2, -0.15) is 0 Å². The summed E-state index contributed by atoms with van der Waals surface area (Å²) in [6, 6.07) is 56.7. The van der Waals surface area contributed by atoms with Crippen LogP contribution in [0.15, 0.2) is 182 Å². The molecule has 6 aromatic carbocycles. The van der Waals surface area contributed by atoms with Gasteiger partial charge < -0.3 is 0 Å². The van der Waals surface area contributed by atoms with Crippen LogP contribution in [0.25, 0.3) is 61.4 Å². The maximum Gasteiger partial charge on any atom is 0.235 e. The van der Waals surface area contributed by atoms with E-state index in [-0.39, 0.29) is 11.3 Å². The van der Waals surface area contributed by atoms with Crippen LogP contribution in [0.1, 0.15) is 23.1 Å². The van der Waals surface area contributed by atoms with Gasteiger partial charge in [0.2, 0.25) is 5.95 Å². The molecule has 50 heavy (non-hydrogen) atoms. The molecule has 0 radical (unpaired) electrons. The Bertz CT molecular complexity index is 2560. The lowest BCUT2D eigenvalue weighted by Crippen LogP contribution is -2.35. The van der Waals surface area contributed by atoms with Crippen LogP contribution in [-0.4, -0.2) is 14.5 Å². The van der Waals surface area contributed by atoms with Crippen LogP contribution >= 0.6 is 0 Å². The second-order valence-corrected chi connectivity index (χ2v) is 13.3. The smallest absolute Gasteiger partial charge is 0.235 e. The Hall–Kier alpha value is -6.32. The molecule has 2 unspecified atom stereocenters. The monoisotopic (exact) mass is 639 g/mol. The van der Waals surface area contributed by atoms with Gasteiger partial charge in [-0.1, -0.05) is 158 Å². The van der Waals surface area contributed by atoms with Gasteiger partial charge in [-0.15, -0.1) is 0 Å². The van der Waals surface area contributed by atoms with E-state index < -0.39 is 0 Å². The molecule has 2 aromatic heterocycles. The zero-order chi connectivity index (χ0) is 33.1. The first kappa shape index (κ1) is 28.7. The average molecular weight is 640 g/mol. The van der Waals surface area contributed by atoms with Gasteiger partial charge in [-0.3, -0.25) is 4.57 Å². The van der Waals surface area contributed by atoms with Crippen molar-refractivity contribution in [2.24, 2.45) is 5.92 Å². The van der Waals surface area contributed by atoms with Gasteiger partial charge >= 0.3 is 0 Å². The Balaban J connectivity index is 1.30. The molecular formula is C47H33N3. The highest BCUT2D eigenvalue weighted by atomic mass is 15.2. The molecule has 0 aliphatic heterocycles. The number of nitrogens with zero attached hydrogens (tertiary/aromatic N) is 3. The van der Waals surface area contributed by atoms with Crippen LogP contribution in [0.2, 0.25) is 0 Å². The SMILES string of the molecule is C1=CCC(C2(c3ccccc3)c3ccccc3-c3cc4c(cc32)c2ccccc2n4-c2nc(-c3ccccc3)cc(-c3ccccc3)n2)C=C1.